The SMILES string of the molecule is CC(C)(C)OC(=O)N1C[C@@H]2CNC[C@H]2C1=O. The van der Waals surface area contributed by atoms with Gasteiger partial charge in [0.25, 0.3) is 0 Å². The van der Waals surface area contributed by atoms with Crippen LogP contribution in [0.1, 0.15) is 20.8 Å². The van der Waals surface area contributed by atoms with E-state index in [-0.39, 0.29) is 17.7 Å². The Labute approximate surface area is 95.1 Å². The Hall–Kier alpha value is -1.10. The van der Waals surface area contributed by atoms with Crippen LogP contribution in [0.4, 0.5) is 4.79 Å². The van der Waals surface area contributed by atoms with E-state index in [1.54, 1.807) is 20.8 Å². The zero-order valence-corrected chi connectivity index (χ0v) is 9.95. The molecule has 2 aliphatic rings. The second-order valence-corrected chi connectivity index (χ2v) is 5.45. The number of ether oxygens (including phenoxy) is 1. The molecular weight excluding hydrogens is 208 g/mol. The number of amides is 2. The number of hydrogen-bond acceptors (Lipinski definition) is 4. The fraction of sp³-hybridized carbons (Fsp3) is 0.818. The molecule has 2 atom stereocenters. The van der Waals surface area contributed by atoms with Crippen molar-refractivity contribution in [2.75, 3.05) is 19.6 Å². The Morgan fingerprint density at radius 1 is 1.44 bits per heavy atom. The van der Waals surface area contributed by atoms with Crippen LogP contribution in [0.3, 0.4) is 0 Å². The molecular formula is C11H18N2O3. The monoisotopic (exact) mass is 226 g/mol. The van der Waals surface area contributed by atoms with E-state index in [1.165, 1.54) is 4.90 Å². The Morgan fingerprint density at radius 3 is 2.69 bits per heavy atom. The van der Waals surface area contributed by atoms with Crippen LogP contribution in [0.5, 0.6) is 0 Å². The average molecular weight is 226 g/mol. The van der Waals surface area contributed by atoms with Crippen LogP contribution in [-0.4, -0.2) is 42.1 Å². The Morgan fingerprint density at radius 2 is 2.12 bits per heavy atom. The quantitative estimate of drug-likeness (QED) is 0.657. The van der Waals surface area contributed by atoms with Crippen molar-refractivity contribution in [3.05, 3.63) is 0 Å². The van der Waals surface area contributed by atoms with Crippen LogP contribution in [0, 0.1) is 11.8 Å². The van der Waals surface area contributed by atoms with Gasteiger partial charge in [-0.2, -0.15) is 0 Å². The fourth-order valence-corrected chi connectivity index (χ4v) is 2.22. The van der Waals surface area contributed by atoms with Crippen LogP contribution in [0.15, 0.2) is 0 Å². The van der Waals surface area contributed by atoms with Crippen molar-refractivity contribution in [2.24, 2.45) is 11.8 Å². The summed E-state index contributed by atoms with van der Waals surface area (Å²) in [6, 6.07) is 0. The second kappa shape index (κ2) is 3.73. The van der Waals surface area contributed by atoms with E-state index in [4.69, 9.17) is 4.74 Å². The maximum absolute atomic E-state index is 11.9. The van der Waals surface area contributed by atoms with Crippen molar-refractivity contribution < 1.29 is 14.3 Å². The van der Waals surface area contributed by atoms with Crippen molar-refractivity contribution in [3.63, 3.8) is 0 Å². The zero-order valence-electron chi connectivity index (χ0n) is 9.95. The molecule has 0 unspecified atom stereocenters. The third-order valence-electron chi connectivity index (χ3n) is 2.95. The molecule has 0 aromatic heterocycles. The number of nitrogens with zero attached hydrogens (tertiary/aromatic N) is 1. The summed E-state index contributed by atoms with van der Waals surface area (Å²) in [7, 11) is 0. The molecule has 0 aliphatic carbocycles. The molecule has 2 fully saturated rings. The van der Waals surface area contributed by atoms with Gasteiger partial charge >= 0.3 is 6.09 Å². The Balaban J connectivity index is 2.02. The first-order valence-electron chi connectivity index (χ1n) is 5.63. The second-order valence-electron chi connectivity index (χ2n) is 5.45. The molecule has 0 aromatic rings. The lowest BCUT2D eigenvalue weighted by Crippen LogP contribution is -2.40. The van der Waals surface area contributed by atoms with E-state index in [0.29, 0.717) is 13.1 Å². The number of nitrogens with one attached hydrogen (secondary N) is 1. The average Bonchev–Trinajstić information content (AvgIpc) is 2.66. The summed E-state index contributed by atoms with van der Waals surface area (Å²) < 4.78 is 5.20. The van der Waals surface area contributed by atoms with E-state index in [0.717, 1.165) is 6.54 Å². The van der Waals surface area contributed by atoms with Crippen molar-refractivity contribution in [3.8, 4) is 0 Å². The largest absolute Gasteiger partial charge is 0.443 e. The first-order chi connectivity index (χ1) is 7.38. The topological polar surface area (TPSA) is 58.6 Å². The summed E-state index contributed by atoms with van der Waals surface area (Å²) in [5.41, 5.74) is -0.548. The number of likely N-dealkylation sites (tertiary alicyclic amines) is 1. The summed E-state index contributed by atoms with van der Waals surface area (Å²) >= 11 is 0. The van der Waals surface area contributed by atoms with Gasteiger partial charge in [-0.1, -0.05) is 0 Å². The molecule has 2 amide bonds. The van der Waals surface area contributed by atoms with Crippen LogP contribution in [0.2, 0.25) is 0 Å². The molecule has 1 N–H and O–H groups in total. The standard InChI is InChI=1S/C11H18N2O3/c1-11(2,3)16-10(15)13-6-7-4-12-5-8(7)9(13)14/h7-8,12H,4-6H2,1-3H3/t7-,8+/m0/s1. The van der Waals surface area contributed by atoms with E-state index in [9.17, 15) is 9.59 Å². The lowest BCUT2D eigenvalue weighted by molar-refractivity contribution is -0.130. The number of rotatable bonds is 0. The summed E-state index contributed by atoms with van der Waals surface area (Å²) in [6.07, 6.45) is -0.508. The number of carbonyl (C=O) groups is 2. The fourth-order valence-electron chi connectivity index (χ4n) is 2.22. The van der Waals surface area contributed by atoms with Gasteiger partial charge in [0.05, 0.1) is 5.92 Å². The Bertz CT molecular complexity index is 322. The van der Waals surface area contributed by atoms with Gasteiger partial charge < -0.3 is 10.1 Å². The molecule has 5 heteroatoms. The van der Waals surface area contributed by atoms with E-state index in [1.807, 2.05) is 0 Å². The van der Waals surface area contributed by atoms with Gasteiger partial charge in [0.15, 0.2) is 0 Å². The van der Waals surface area contributed by atoms with Gasteiger partial charge in [0.1, 0.15) is 5.60 Å². The molecule has 0 radical (unpaired) electrons. The van der Waals surface area contributed by atoms with Gasteiger partial charge in [0, 0.05) is 25.6 Å². The van der Waals surface area contributed by atoms with Crippen LogP contribution < -0.4 is 5.32 Å². The predicted molar refractivity (Wildman–Crippen MR) is 57.8 cm³/mol. The lowest BCUT2D eigenvalue weighted by atomic mass is 10.0. The highest BCUT2D eigenvalue weighted by Crippen LogP contribution is 2.28. The normalized spacial score (nSPS) is 29.4. The Kier molecular flexibility index (Phi) is 2.66. The van der Waals surface area contributed by atoms with E-state index >= 15 is 0 Å². The highest BCUT2D eigenvalue weighted by molar-refractivity contribution is 5.95. The van der Waals surface area contributed by atoms with Crippen molar-refractivity contribution in [1.82, 2.24) is 10.2 Å². The van der Waals surface area contributed by atoms with Crippen LogP contribution in [0.25, 0.3) is 0 Å². The third-order valence-corrected chi connectivity index (χ3v) is 2.95. The minimum atomic E-state index is -0.548. The van der Waals surface area contributed by atoms with Crippen LogP contribution in [-0.2, 0) is 9.53 Å². The maximum Gasteiger partial charge on any atom is 0.417 e. The van der Waals surface area contributed by atoms with Crippen molar-refractivity contribution >= 4 is 12.0 Å². The molecule has 0 spiro atoms. The molecule has 2 aliphatic heterocycles. The van der Waals surface area contributed by atoms with Crippen molar-refractivity contribution in [1.29, 1.82) is 0 Å². The minimum Gasteiger partial charge on any atom is -0.443 e. The van der Waals surface area contributed by atoms with E-state index in [2.05, 4.69) is 5.32 Å². The van der Waals surface area contributed by atoms with Gasteiger partial charge in [0.2, 0.25) is 5.91 Å². The molecule has 2 saturated heterocycles. The van der Waals surface area contributed by atoms with E-state index < -0.39 is 11.7 Å². The van der Waals surface area contributed by atoms with Gasteiger partial charge in [-0.05, 0) is 20.8 Å². The lowest BCUT2D eigenvalue weighted by Gasteiger charge is -2.23. The molecule has 2 rings (SSSR count). The third kappa shape index (κ3) is 2.04. The van der Waals surface area contributed by atoms with Gasteiger partial charge in [-0.25, -0.2) is 9.69 Å². The number of hydrogen-bond donors (Lipinski definition) is 1. The molecule has 0 bridgehead atoms. The smallest absolute Gasteiger partial charge is 0.417 e. The minimum absolute atomic E-state index is 0.0347. The molecule has 90 valence electrons. The zero-order chi connectivity index (χ0) is 11.9. The molecule has 0 aromatic carbocycles. The molecule has 16 heavy (non-hydrogen) atoms. The predicted octanol–water partition coefficient (Wildman–Crippen LogP) is 0.599. The number of carbonyl (C=O) groups excluding carboxylic acids is 2. The first-order valence-corrected chi connectivity index (χ1v) is 5.63. The van der Waals surface area contributed by atoms with Crippen molar-refractivity contribution in [2.45, 2.75) is 26.4 Å². The summed E-state index contributed by atoms with van der Waals surface area (Å²) in [5.74, 6) is 0.136. The molecule has 5 nitrogen and oxygen atoms in total. The number of imide groups is 1. The summed E-state index contributed by atoms with van der Waals surface area (Å²) in [4.78, 5) is 24.9. The molecule has 2 heterocycles. The summed E-state index contributed by atoms with van der Waals surface area (Å²) in [5, 5.41) is 3.16. The number of fused-ring (bicyclic) bond motifs is 1. The van der Waals surface area contributed by atoms with Gasteiger partial charge in [-0.3, -0.25) is 4.79 Å². The van der Waals surface area contributed by atoms with Crippen LogP contribution >= 0.6 is 0 Å². The highest BCUT2D eigenvalue weighted by atomic mass is 16.6. The molecule has 0 saturated carbocycles. The highest BCUT2D eigenvalue weighted by Gasteiger charge is 2.46. The summed E-state index contributed by atoms with van der Waals surface area (Å²) in [6.45, 7) is 7.39. The van der Waals surface area contributed by atoms with Gasteiger partial charge in [-0.15, -0.1) is 0 Å². The maximum atomic E-state index is 11.9. The first kappa shape index (κ1) is 11.4.